The maximum Gasteiger partial charge on any atom is 0.305 e. The number of carbonyl (C=O) groups excluding carboxylic acids is 1. The zero-order valence-electron chi connectivity index (χ0n) is 15.0. The molecule has 0 saturated heterocycles. The van der Waals surface area contributed by atoms with Crippen molar-refractivity contribution in [3.8, 4) is 0 Å². The van der Waals surface area contributed by atoms with Crippen LogP contribution in [0.2, 0.25) is 0 Å². The van der Waals surface area contributed by atoms with Gasteiger partial charge in [-0.3, -0.25) is 4.79 Å². The van der Waals surface area contributed by atoms with Crippen LogP contribution in [-0.4, -0.2) is 12.6 Å². The molecule has 0 spiro atoms. The van der Waals surface area contributed by atoms with Crippen LogP contribution in [0.25, 0.3) is 0 Å². The van der Waals surface area contributed by atoms with Gasteiger partial charge < -0.3 is 4.74 Å². The molecular weight excluding hydrogens is 260 g/mol. The van der Waals surface area contributed by atoms with Gasteiger partial charge in [-0.05, 0) is 24.7 Å². The van der Waals surface area contributed by atoms with Crippen LogP contribution in [-0.2, 0) is 9.53 Å². The molecule has 0 amide bonds. The lowest BCUT2D eigenvalue weighted by molar-refractivity contribution is -0.144. The molecule has 0 aliphatic heterocycles. The average molecular weight is 299 g/mol. The molecule has 21 heavy (non-hydrogen) atoms. The number of hydrogen-bond acceptors (Lipinski definition) is 2. The molecule has 0 saturated carbocycles. The molecule has 0 aliphatic rings. The third-order valence-corrected chi connectivity index (χ3v) is 3.87. The molecule has 126 valence electrons. The predicted molar refractivity (Wildman–Crippen MR) is 91.4 cm³/mol. The molecular formula is C19H38O2. The minimum Gasteiger partial charge on any atom is -0.466 e. The maximum absolute atomic E-state index is 11.5. The van der Waals surface area contributed by atoms with Crippen molar-refractivity contribution >= 4 is 5.97 Å². The Morgan fingerprint density at radius 3 is 1.71 bits per heavy atom. The molecule has 0 heterocycles. The normalized spacial score (nSPS) is 11.3. The second-order valence-electron chi connectivity index (χ2n) is 7.16. The first-order valence-electron chi connectivity index (χ1n) is 9.18. The molecule has 0 rings (SSSR count). The van der Waals surface area contributed by atoms with Gasteiger partial charge in [0.2, 0.25) is 0 Å². The van der Waals surface area contributed by atoms with E-state index in [4.69, 9.17) is 4.74 Å². The van der Waals surface area contributed by atoms with E-state index in [-0.39, 0.29) is 5.97 Å². The summed E-state index contributed by atoms with van der Waals surface area (Å²) in [5.41, 5.74) is 0. The van der Waals surface area contributed by atoms with E-state index in [9.17, 15) is 4.79 Å². The summed E-state index contributed by atoms with van der Waals surface area (Å²) in [5.74, 6) is 1.45. The summed E-state index contributed by atoms with van der Waals surface area (Å²) in [5, 5.41) is 0. The van der Waals surface area contributed by atoms with Gasteiger partial charge in [-0.15, -0.1) is 0 Å². The van der Waals surface area contributed by atoms with Crippen molar-refractivity contribution in [1.29, 1.82) is 0 Å². The van der Waals surface area contributed by atoms with E-state index < -0.39 is 0 Å². The van der Waals surface area contributed by atoms with Crippen molar-refractivity contribution in [3.05, 3.63) is 0 Å². The van der Waals surface area contributed by atoms with Crippen molar-refractivity contribution in [2.45, 2.75) is 98.3 Å². The molecule has 0 bridgehead atoms. The first-order valence-corrected chi connectivity index (χ1v) is 9.18. The molecule has 0 aromatic rings. The highest BCUT2D eigenvalue weighted by molar-refractivity contribution is 5.69. The fraction of sp³-hybridized carbons (Fsp3) is 0.947. The Bertz CT molecular complexity index is 234. The maximum atomic E-state index is 11.5. The molecule has 2 nitrogen and oxygen atoms in total. The first kappa shape index (κ1) is 20.5. The van der Waals surface area contributed by atoms with E-state index in [1.54, 1.807) is 0 Å². The predicted octanol–water partition coefficient (Wildman–Crippen LogP) is 6.13. The smallest absolute Gasteiger partial charge is 0.305 e. The first-order chi connectivity index (χ1) is 10.0. The van der Waals surface area contributed by atoms with E-state index in [1.807, 2.05) is 0 Å². The average Bonchev–Trinajstić information content (AvgIpc) is 2.40. The lowest BCUT2D eigenvalue weighted by Crippen LogP contribution is -2.07. The number of rotatable bonds is 14. The van der Waals surface area contributed by atoms with E-state index in [2.05, 4.69) is 27.7 Å². The van der Waals surface area contributed by atoms with Crippen LogP contribution < -0.4 is 0 Å². The zero-order valence-corrected chi connectivity index (χ0v) is 15.0. The summed E-state index contributed by atoms with van der Waals surface area (Å²) >= 11 is 0. The number of carbonyl (C=O) groups is 1. The quantitative estimate of drug-likeness (QED) is 0.285. The molecule has 0 aromatic carbocycles. The molecule has 0 N–H and O–H groups in total. The van der Waals surface area contributed by atoms with Gasteiger partial charge in [-0.25, -0.2) is 0 Å². The Morgan fingerprint density at radius 1 is 0.714 bits per heavy atom. The minimum atomic E-state index is -0.00987. The van der Waals surface area contributed by atoms with Crippen molar-refractivity contribution in [3.63, 3.8) is 0 Å². The second kappa shape index (κ2) is 14.4. The van der Waals surface area contributed by atoms with Crippen molar-refractivity contribution < 1.29 is 9.53 Å². The van der Waals surface area contributed by atoms with Crippen molar-refractivity contribution in [2.24, 2.45) is 11.8 Å². The van der Waals surface area contributed by atoms with Gasteiger partial charge in [-0.1, -0.05) is 79.1 Å². The Kier molecular flexibility index (Phi) is 14.0. The summed E-state index contributed by atoms with van der Waals surface area (Å²) in [4.78, 5) is 11.5. The van der Waals surface area contributed by atoms with Gasteiger partial charge in [0.05, 0.1) is 6.61 Å². The highest BCUT2D eigenvalue weighted by Crippen LogP contribution is 2.13. The van der Waals surface area contributed by atoms with Crippen molar-refractivity contribution in [2.75, 3.05) is 6.61 Å². The third-order valence-electron chi connectivity index (χ3n) is 3.87. The highest BCUT2D eigenvalue weighted by Gasteiger charge is 2.03. The zero-order chi connectivity index (χ0) is 15.9. The number of hydrogen-bond donors (Lipinski definition) is 0. The van der Waals surface area contributed by atoms with E-state index in [0.717, 1.165) is 18.8 Å². The van der Waals surface area contributed by atoms with Gasteiger partial charge in [0, 0.05) is 6.42 Å². The Hall–Kier alpha value is -0.530. The van der Waals surface area contributed by atoms with Crippen molar-refractivity contribution in [1.82, 2.24) is 0 Å². The minimum absolute atomic E-state index is 0.00987. The topological polar surface area (TPSA) is 26.3 Å². The van der Waals surface area contributed by atoms with Gasteiger partial charge in [0.1, 0.15) is 0 Å². The lowest BCUT2D eigenvalue weighted by Gasteiger charge is -2.07. The number of ether oxygens (including phenoxy) is 1. The lowest BCUT2D eigenvalue weighted by atomic mass is 10.0. The van der Waals surface area contributed by atoms with E-state index in [0.29, 0.717) is 18.9 Å². The summed E-state index contributed by atoms with van der Waals surface area (Å²) < 4.78 is 5.21. The Labute approximate surface area is 133 Å². The Morgan fingerprint density at radius 2 is 1.19 bits per heavy atom. The van der Waals surface area contributed by atoms with Gasteiger partial charge >= 0.3 is 5.97 Å². The SMILES string of the molecule is CC(C)CCCCCCCCCCC(=O)OCCC(C)C. The molecule has 0 unspecified atom stereocenters. The monoisotopic (exact) mass is 298 g/mol. The molecule has 2 heteroatoms. The summed E-state index contributed by atoms with van der Waals surface area (Å²) in [6.45, 7) is 9.49. The fourth-order valence-electron chi connectivity index (χ4n) is 2.36. The van der Waals surface area contributed by atoms with Gasteiger partial charge in [-0.2, -0.15) is 0 Å². The van der Waals surface area contributed by atoms with E-state index >= 15 is 0 Å². The molecule has 0 atom stereocenters. The molecule has 0 radical (unpaired) electrons. The standard InChI is InChI=1S/C19H38O2/c1-17(2)13-11-9-7-5-6-8-10-12-14-19(20)21-16-15-18(3)4/h17-18H,5-16H2,1-4H3. The van der Waals surface area contributed by atoms with Gasteiger partial charge in [0.25, 0.3) is 0 Å². The van der Waals surface area contributed by atoms with Crippen LogP contribution in [0, 0.1) is 11.8 Å². The molecule has 0 aliphatic carbocycles. The largest absolute Gasteiger partial charge is 0.466 e. The summed E-state index contributed by atoms with van der Waals surface area (Å²) in [7, 11) is 0. The fourth-order valence-corrected chi connectivity index (χ4v) is 2.36. The van der Waals surface area contributed by atoms with Crippen LogP contribution in [0.3, 0.4) is 0 Å². The van der Waals surface area contributed by atoms with Crippen LogP contribution in [0.5, 0.6) is 0 Å². The van der Waals surface area contributed by atoms with Crippen LogP contribution in [0.15, 0.2) is 0 Å². The number of unbranched alkanes of at least 4 members (excludes halogenated alkanes) is 7. The third kappa shape index (κ3) is 17.4. The number of esters is 1. The van der Waals surface area contributed by atoms with E-state index in [1.165, 1.54) is 51.4 Å². The molecule has 0 aromatic heterocycles. The molecule has 0 fully saturated rings. The Balaban J connectivity index is 3.16. The van der Waals surface area contributed by atoms with Crippen LogP contribution in [0.4, 0.5) is 0 Å². The van der Waals surface area contributed by atoms with Crippen LogP contribution in [0.1, 0.15) is 98.3 Å². The summed E-state index contributed by atoms with van der Waals surface area (Å²) in [6.07, 6.45) is 13.2. The second-order valence-corrected chi connectivity index (χ2v) is 7.16. The van der Waals surface area contributed by atoms with Gasteiger partial charge in [0.15, 0.2) is 0 Å². The van der Waals surface area contributed by atoms with Crippen LogP contribution >= 0.6 is 0 Å². The summed E-state index contributed by atoms with van der Waals surface area (Å²) in [6, 6.07) is 0. The highest BCUT2D eigenvalue weighted by atomic mass is 16.5.